The smallest absolute Gasteiger partial charge is 0.200 e. The number of rotatable bonds is 0. The fourth-order valence-electron chi connectivity index (χ4n) is 1.88. The largest absolute Gasteiger partial charge is 0.506 e. The van der Waals surface area contributed by atoms with E-state index in [0.717, 1.165) is 0 Å². The summed E-state index contributed by atoms with van der Waals surface area (Å²) in [6.07, 6.45) is 0. The second-order valence-electron chi connectivity index (χ2n) is 3.80. The highest BCUT2D eigenvalue weighted by Crippen LogP contribution is 2.29. The van der Waals surface area contributed by atoms with Crippen molar-refractivity contribution in [3.63, 3.8) is 0 Å². The van der Waals surface area contributed by atoms with Crippen LogP contribution in [0.4, 0.5) is 5.69 Å². The summed E-state index contributed by atoms with van der Waals surface area (Å²) in [6, 6.07) is 9.84. The second kappa shape index (κ2) is 3.25. The molecule has 2 aromatic carbocycles. The van der Waals surface area contributed by atoms with Crippen molar-refractivity contribution in [2.75, 3.05) is 5.73 Å². The Balaban J connectivity index is 2.64. The van der Waals surface area contributed by atoms with E-state index in [1.54, 1.807) is 24.3 Å². The van der Waals surface area contributed by atoms with Gasteiger partial charge in [0.05, 0.1) is 10.8 Å². The van der Waals surface area contributed by atoms with Gasteiger partial charge in [0.25, 0.3) is 0 Å². The fraction of sp³-hybridized carbons (Fsp3) is 0. The van der Waals surface area contributed by atoms with Crippen LogP contribution in [0.1, 0.15) is 0 Å². The van der Waals surface area contributed by atoms with Crippen LogP contribution in [0, 0.1) is 0 Å². The third kappa shape index (κ3) is 1.27. The Morgan fingerprint density at radius 3 is 2.65 bits per heavy atom. The highest BCUT2D eigenvalue weighted by atomic mass is 16.3. The summed E-state index contributed by atoms with van der Waals surface area (Å²) in [5, 5.41) is 10.4. The van der Waals surface area contributed by atoms with Gasteiger partial charge in [-0.3, -0.25) is 4.79 Å². The number of benzene rings is 2. The summed E-state index contributed by atoms with van der Waals surface area (Å²) < 4.78 is 5.55. The molecule has 4 heteroatoms. The minimum atomic E-state index is -0.145. The van der Waals surface area contributed by atoms with Crippen LogP contribution in [-0.2, 0) is 0 Å². The molecule has 0 radical (unpaired) electrons. The molecular weight excluding hydrogens is 218 g/mol. The molecule has 0 spiro atoms. The number of phenols is 1. The Hall–Kier alpha value is -2.49. The predicted molar refractivity (Wildman–Crippen MR) is 66.1 cm³/mol. The Labute approximate surface area is 95.9 Å². The SMILES string of the molecule is Nc1c(O)ccc2c(=O)c3ccccc3oc12. The summed E-state index contributed by atoms with van der Waals surface area (Å²) in [4.78, 5) is 12.2. The number of nitrogen functional groups attached to an aromatic ring is 1. The van der Waals surface area contributed by atoms with E-state index in [1.165, 1.54) is 12.1 Å². The van der Waals surface area contributed by atoms with Crippen molar-refractivity contribution in [1.82, 2.24) is 0 Å². The van der Waals surface area contributed by atoms with Crippen molar-refractivity contribution < 1.29 is 9.52 Å². The minimum absolute atomic E-state index is 0.0871. The zero-order valence-electron chi connectivity index (χ0n) is 8.81. The molecule has 0 saturated carbocycles. The topological polar surface area (TPSA) is 76.5 Å². The molecule has 3 rings (SSSR count). The van der Waals surface area contributed by atoms with Gasteiger partial charge in [-0.1, -0.05) is 12.1 Å². The lowest BCUT2D eigenvalue weighted by Crippen LogP contribution is -2.03. The van der Waals surface area contributed by atoms with Gasteiger partial charge < -0.3 is 15.3 Å². The van der Waals surface area contributed by atoms with Crippen molar-refractivity contribution in [1.29, 1.82) is 0 Å². The number of nitrogens with two attached hydrogens (primary N) is 1. The summed E-state index contributed by atoms with van der Waals surface area (Å²) in [6.45, 7) is 0. The molecule has 4 nitrogen and oxygen atoms in total. The van der Waals surface area contributed by atoms with Gasteiger partial charge in [-0.2, -0.15) is 0 Å². The fourth-order valence-corrected chi connectivity index (χ4v) is 1.88. The molecule has 0 amide bonds. The maximum Gasteiger partial charge on any atom is 0.200 e. The molecule has 17 heavy (non-hydrogen) atoms. The van der Waals surface area contributed by atoms with Gasteiger partial charge in [0, 0.05) is 0 Å². The standard InChI is InChI=1S/C13H9NO3/c14-11-9(15)6-5-8-12(16)7-3-1-2-4-10(7)17-13(8)11/h1-6,15H,14H2. The third-order valence-corrected chi connectivity index (χ3v) is 2.76. The Bertz CT molecular complexity index is 790. The molecule has 0 aliphatic heterocycles. The van der Waals surface area contributed by atoms with Gasteiger partial charge in [-0.05, 0) is 24.3 Å². The van der Waals surface area contributed by atoms with Crippen molar-refractivity contribution in [3.05, 3.63) is 46.6 Å². The monoisotopic (exact) mass is 227 g/mol. The third-order valence-electron chi connectivity index (χ3n) is 2.76. The summed E-state index contributed by atoms with van der Waals surface area (Å²) in [5.74, 6) is -0.0871. The van der Waals surface area contributed by atoms with Crippen molar-refractivity contribution in [2.45, 2.75) is 0 Å². The van der Waals surface area contributed by atoms with E-state index in [-0.39, 0.29) is 22.4 Å². The van der Waals surface area contributed by atoms with Crippen LogP contribution in [0.2, 0.25) is 0 Å². The molecule has 0 atom stereocenters. The van der Waals surface area contributed by atoms with E-state index in [2.05, 4.69) is 0 Å². The highest BCUT2D eigenvalue weighted by Gasteiger charge is 2.11. The number of fused-ring (bicyclic) bond motifs is 2. The van der Waals surface area contributed by atoms with Crippen LogP contribution in [-0.4, -0.2) is 5.11 Å². The van der Waals surface area contributed by atoms with E-state index in [1.807, 2.05) is 0 Å². The highest BCUT2D eigenvalue weighted by molar-refractivity contribution is 5.96. The number of hydrogen-bond acceptors (Lipinski definition) is 4. The van der Waals surface area contributed by atoms with Crippen LogP contribution < -0.4 is 11.2 Å². The molecule has 3 aromatic rings. The average molecular weight is 227 g/mol. The maximum atomic E-state index is 12.2. The lowest BCUT2D eigenvalue weighted by Gasteiger charge is -2.04. The lowest BCUT2D eigenvalue weighted by atomic mass is 10.1. The van der Waals surface area contributed by atoms with Gasteiger partial charge in [0.2, 0.25) is 5.43 Å². The minimum Gasteiger partial charge on any atom is -0.506 e. The first kappa shape index (κ1) is 9.72. The van der Waals surface area contributed by atoms with E-state index in [4.69, 9.17) is 10.2 Å². The van der Waals surface area contributed by atoms with E-state index in [9.17, 15) is 9.90 Å². The number of phenolic OH excluding ortho intramolecular Hbond substituents is 1. The summed E-state index contributed by atoms with van der Waals surface area (Å²) in [5.41, 5.74) is 6.33. The van der Waals surface area contributed by atoms with E-state index >= 15 is 0 Å². The molecule has 0 unspecified atom stereocenters. The predicted octanol–water partition coefficient (Wildman–Crippen LogP) is 2.23. The van der Waals surface area contributed by atoms with Crippen LogP contribution >= 0.6 is 0 Å². The quantitative estimate of drug-likeness (QED) is 0.351. The Morgan fingerprint density at radius 2 is 1.82 bits per heavy atom. The van der Waals surface area contributed by atoms with Crippen molar-refractivity contribution >= 4 is 27.6 Å². The molecule has 0 bridgehead atoms. The molecule has 3 N–H and O–H groups in total. The first-order chi connectivity index (χ1) is 8.18. The van der Waals surface area contributed by atoms with Gasteiger partial charge in [0.1, 0.15) is 17.0 Å². The van der Waals surface area contributed by atoms with Crippen LogP contribution in [0.3, 0.4) is 0 Å². The van der Waals surface area contributed by atoms with Crippen molar-refractivity contribution in [3.8, 4) is 5.75 Å². The first-order valence-corrected chi connectivity index (χ1v) is 5.11. The van der Waals surface area contributed by atoms with Crippen LogP contribution in [0.15, 0.2) is 45.6 Å². The average Bonchev–Trinajstić information content (AvgIpc) is 2.35. The molecule has 1 heterocycles. The molecule has 0 aliphatic rings. The maximum absolute atomic E-state index is 12.2. The number of aromatic hydroxyl groups is 1. The zero-order chi connectivity index (χ0) is 12.0. The van der Waals surface area contributed by atoms with Crippen molar-refractivity contribution in [2.24, 2.45) is 0 Å². The number of anilines is 1. The number of hydrogen-bond donors (Lipinski definition) is 2. The summed E-state index contributed by atoms with van der Waals surface area (Å²) in [7, 11) is 0. The molecule has 0 saturated heterocycles. The molecule has 84 valence electrons. The Morgan fingerprint density at radius 1 is 1.06 bits per heavy atom. The second-order valence-corrected chi connectivity index (χ2v) is 3.80. The number of para-hydroxylation sites is 1. The van der Waals surface area contributed by atoms with E-state index in [0.29, 0.717) is 16.4 Å². The Kier molecular flexibility index (Phi) is 1.86. The molecule has 0 aliphatic carbocycles. The normalized spacial score (nSPS) is 11.1. The van der Waals surface area contributed by atoms with Gasteiger partial charge in [-0.15, -0.1) is 0 Å². The van der Waals surface area contributed by atoms with Gasteiger partial charge >= 0.3 is 0 Å². The summed E-state index contributed by atoms with van der Waals surface area (Å²) >= 11 is 0. The van der Waals surface area contributed by atoms with E-state index < -0.39 is 0 Å². The molecule has 1 aromatic heterocycles. The van der Waals surface area contributed by atoms with Crippen LogP contribution in [0.25, 0.3) is 21.9 Å². The van der Waals surface area contributed by atoms with Crippen LogP contribution in [0.5, 0.6) is 5.75 Å². The van der Waals surface area contributed by atoms with Gasteiger partial charge in [0.15, 0.2) is 5.58 Å². The lowest BCUT2D eigenvalue weighted by molar-refractivity contribution is 0.477. The molecule has 0 fully saturated rings. The first-order valence-electron chi connectivity index (χ1n) is 5.11. The zero-order valence-corrected chi connectivity index (χ0v) is 8.81. The molecular formula is C13H9NO3. The van der Waals surface area contributed by atoms with Gasteiger partial charge in [-0.25, -0.2) is 0 Å².